The molecule has 0 fully saturated rings. The highest BCUT2D eigenvalue weighted by molar-refractivity contribution is 5.89. The van der Waals surface area contributed by atoms with Crippen molar-refractivity contribution in [3.05, 3.63) is 45.8 Å². The molecule has 0 atom stereocenters. The van der Waals surface area contributed by atoms with Crippen molar-refractivity contribution >= 4 is 22.9 Å². The fourth-order valence-electron chi connectivity index (χ4n) is 2.64. The van der Waals surface area contributed by atoms with E-state index in [-0.39, 0.29) is 28.6 Å². The molecule has 0 amide bonds. The lowest BCUT2D eigenvalue weighted by molar-refractivity contribution is -0.132. The molecule has 0 spiro atoms. The van der Waals surface area contributed by atoms with Gasteiger partial charge in [0.2, 0.25) is 0 Å². The second kappa shape index (κ2) is 6.51. The van der Waals surface area contributed by atoms with E-state index >= 15 is 0 Å². The van der Waals surface area contributed by atoms with Crippen molar-refractivity contribution in [3.63, 3.8) is 0 Å². The first-order valence-corrected chi connectivity index (χ1v) is 7.82. The fourth-order valence-corrected chi connectivity index (χ4v) is 2.64. The third kappa shape index (κ3) is 3.11. The summed E-state index contributed by atoms with van der Waals surface area (Å²) in [7, 11) is 0. The van der Waals surface area contributed by atoms with Gasteiger partial charge in [-0.25, -0.2) is 4.79 Å². The van der Waals surface area contributed by atoms with Crippen LogP contribution < -0.4 is 15.1 Å². The molecule has 26 heavy (non-hydrogen) atoms. The standard InChI is InChI=1S/C19H16O7/c1-9-16(24-12(4)21)10(2)19(22)26-17(9)15-8-13-6-5-7-14(18(13)25-15)23-11(3)20/h5-8H,1-4H3. The summed E-state index contributed by atoms with van der Waals surface area (Å²) in [4.78, 5) is 34.7. The summed E-state index contributed by atoms with van der Waals surface area (Å²) in [6.45, 7) is 5.71. The van der Waals surface area contributed by atoms with Gasteiger partial charge in [0.15, 0.2) is 22.9 Å². The predicted molar refractivity (Wildman–Crippen MR) is 92.3 cm³/mol. The molecule has 0 bridgehead atoms. The first-order chi connectivity index (χ1) is 12.3. The molecular weight excluding hydrogens is 340 g/mol. The van der Waals surface area contributed by atoms with E-state index in [9.17, 15) is 14.4 Å². The molecule has 2 aromatic heterocycles. The molecule has 7 heteroatoms. The van der Waals surface area contributed by atoms with Crippen molar-refractivity contribution < 1.29 is 27.9 Å². The monoisotopic (exact) mass is 356 g/mol. The van der Waals surface area contributed by atoms with Gasteiger partial charge in [0, 0.05) is 24.8 Å². The van der Waals surface area contributed by atoms with Crippen molar-refractivity contribution in [2.75, 3.05) is 0 Å². The van der Waals surface area contributed by atoms with Gasteiger partial charge in [-0.15, -0.1) is 0 Å². The quantitative estimate of drug-likeness (QED) is 0.523. The number of fused-ring (bicyclic) bond motifs is 1. The van der Waals surface area contributed by atoms with Crippen LogP contribution in [-0.2, 0) is 9.59 Å². The van der Waals surface area contributed by atoms with E-state index in [0.29, 0.717) is 16.5 Å². The first kappa shape index (κ1) is 17.5. The van der Waals surface area contributed by atoms with Gasteiger partial charge in [0.25, 0.3) is 0 Å². The number of furan rings is 1. The van der Waals surface area contributed by atoms with Gasteiger partial charge >= 0.3 is 17.6 Å². The average Bonchev–Trinajstić information content (AvgIpc) is 2.99. The maximum Gasteiger partial charge on any atom is 0.343 e. The van der Waals surface area contributed by atoms with Crippen LogP contribution in [-0.4, -0.2) is 11.9 Å². The summed E-state index contributed by atoms with van der Waals surface area (Å²) >= 11 is 0. The number of ether oxygens (including phenoxy) is 2. The smallest absolute Gasteiger partial charge is 0.343 e. The summed E-state index contributed by atoms with van der Waals surface area (Å²) in [5.74, 6) is -0.234. The number of para-hydroxylation sites is 1. The highest BCUT2D eigenvalue weighted by Gasteiger charge is 2.21. The van der Waals surface area contributed by atoms with E-state index in [1.807, 2.05) is 0 Å². The average molecular weight is 356 g/mol. The molecule has 0 saturated carbocycles. The van der Waals surface area contributed by atoms with E-state index in [1.165, 1.54) is 20.8 Å². The zero-order valence-corrected chi connectivity index (χ0v) is 14.7. The largest absolute Gasteiger partial charge is 0.449 e. The minimum atomic E-state index is -0.637. The minimum Gasteiger partial charge on any atom is -0.449 e. The van der Waals surface area contributed by atoms with Gasteiger partial charge in [-0.05, 0) is 26.0 Å². The molecule has 0 aliphatic heterocycles. The summed E-state index contributed by atoms with van der Waals surface area (Å²) < 4.78 is 21.4. The Labute approximate surface area is 148 Å². The van der Waals surface area contributed by atoms with Crippen LogP contribution in [0.3, 0.4) is 0 Å². The van der Waals surface area contributed by atoms with E-state index in [4.69, 9.17) is 18.3 Å². The van der Waals surface area contributed by atoms with Crippen LogP contribution in [0.25, 0.3) is 22.5 Å². The van der Waals surface area contributed by atoms with Gasteiger partial charge in [0.1, 0.15) is 5.75 Å². The van der Waals surface area contributed by atoms with Crippen molar-refractivity contribution in [2.45, 2.75) is 27.7 Å². The van der Waals surface area contributed by atoms with Crippen molar-refractivity contribution in [2.24, 2.45) is 0 Å². The second-order valence-corrected chi connectivity index (χ2v) is 5.77. The van der Waals surface area contributed by atoms with Crippen LogP contribution in [0.1, 0.15) is 25.0 Å². The van der Waals surface area contributed by atoms with Gasteiger partial charge in [0.05, 0.1) is 5.56 Å². The second-order valence-electron chi connectivity index (χ2n) is 5.77. The number of hydrogen-bond acceptors (Lipinski definition) is 7. The molecule has 2 heterocycles. The Balaban J connectivity index is 2.21. The Morgan fingerprint density at radius 3 is 2.31 bits per heavy atom. The van der Waals surface area contributed by atoms with Crippen molar-refractivity contribution in [3.8, 4) is 23.0 Å². The Morgan fingerprint density at radius 2 is 1.65 bits per heavy atom. The van der Waals surface area contributed by atoms with Crippen LogP contribution in [0.15, 0.2) is 37.9 Å². The van der Waals surface area contributed by atoms with Gasteiger partial charge in [-0.3, -0.25) is 9.59 Å². The Morgan fingerprint density at radius 1 is 0.962 bits per heavy atom. The maximum absolute atomic E-state index is 12.1. The molecule has 1 aromatic carbocycles. The third-order valence-corrected chi connectivity index (χ3v) is 3.75. The molecule has 3 aromatic rings. The third-order valence-electron chi connectivity index (χ3n) is 3.75. The van der Waals surface area contributed by atoms with Crippen LogP contribution in [0.4, 0.5) is 0 Å². The Bertz CT molecular complexity index is 1090. The lowest BCUT2D eigenvalue weighted by atomic mass is 10.1. The summed E-state index contributed by atoms with van der Waals surface area (Å²) in [5.41, 5.74) is 0.348. The molecule has 134 valence electrons. The first-order valence-electron chi connectivity index (χ1n) is 7.82. The predicted octanol–water partition coefficient (Wildman–Crippen LogP) is 3.52. The van der Waals surface area contributed by atoms with Crippen LogP contribution in [0, 0.1) is 13.8 Å². The normalized spacial score (nSPS) is 10.8. The number of benzene rings is 1. The SMILES string of the molecule is CC(=O)Oc1c(C)c(-c2cc3cccc(OC(C)=O)c3o2)oc(=O)c1C. The molecular formula is C19H16O7. The van der Waals surface area contributed by atoms with Crippen molar-refractivity contribution in [1.29, 1.82) is 0 Å². The maximum atomic E-state index is 12.1. The number of esters is 2. The molecule has 0 N–H and O–H groups in total. The molecule has 7 nitrogen and oxygen atoms in total. The van der Waals surface area contributed by atoms with Gasteiger partial charge in [-0.1, -0.05) is 12.1 Å². The highest BCUT2D eigenvalue weighted by atomic mass is 16.5. The van der Waals surface area contributed by atoms with Gasteiger partial charge < -0.3 is 18.3 Å². The molecule has 0 saturated heterocycles. The van der Waals surface area contributed by atoms with E-state index in [2.05, 4.69) is 0 Å². The molecule has 3 rings (SSSR count). The minimum absolute atomic E-state index is 0.141. The number of carbonyl (C=O) groups excluding carboxylic acids is 2. The molecule has 0 unspecified atom stereocenters. The van der Waals surface area contributed by atoms with E-state index < -0.39 is 17.6 Å². The molecule has 0 radical (unpaired) electrons. The number of hydrogen-bond donors (Lipinski definition) is 0. The Hall–Kier alpha value is -3.35. The number of rotatable bonds is 3. The molecule has 0 aliphatic rings. The van der Waals surface area contributed by atoms with E-state index in [0.717, 1.165) is 0 Å². The summed E-state index contributed by atoms with van der Waals surface area (Å²) in [6, 6.07) is 6.73. The van der Waals surface area contributed by atoms with Gasteiger partial charge in [-0.2, -0.15) is 0 Å². The molecule has 0 aliphatic carbocycles. The number of carbonyl (C=O) groups is 2. The highest BCUT2D eigenvalue weighted by Crippen LogP contribution is 2.37. The summed E-state index contributed by atoms with van der Waals surface area (Å²) in [6.07, 6.45) is 0. The topological polar surface area (TPSA) is 96.0 Å². The summed E-state index contributed by atoms with van der Waals surface area (Å²) in [5, 5.41) is 0.662. The van der Waals surface area contributed by atoms with Crippen molar-refractivity contribution in [1.82, 2.24) is 0 Å². The zero-order chi connectivity index (χ0) is 19.0. The fraction of sp³-hybridized carbons (Fsp3) is 0.211. The Kier molecular flexibility index (Phi) is 4.38. The lowest BCUT2D eigenvalue weighted by Crippen LogP contribution is -2.12. The lowest BCUT2D eigenvalue weighted by Gasteiger charge is -2.10. The van der Waals surface area contributed by atoms with E-state index in [1.54, 1.807) is 31.2 Å². The van der Waals surface area contributed by atoms with Crippen LogP contribution in [0.2, 0.25) is 0 Å². The van der Waals surface area contributed by atoms with Crippen LogP contribution in [0.5, 0.6) is 11.5 Å². The van der Waals surface area contributed by atoms with Crippen LogP contribution >= 0.6 is 0 Å². The zero-order valence-electron chi connectivity index (χ0n) is 14.7.